The molecule has 0 aliphatic heterocycles. The maximum absolute atomic E-state index is 5.87. The van der Waals surface area contributed by atoms with E-state index in [0.29, 0.717) is 5.92 Å². The largest absolute Gasteiger partial charge is 0.487 e. The molecule has 0 spiro atoms. The average molecular weight is 225 g/mol. The predicted molar refractivity (Wildman–Crippen MR) is 63.9 cm³/mol. The van der Waals surface area contributed by atoms with Gasteiger partial charge < -0.3 is 4.74 Å². The summed E-state index contributed by atoms with van der Waals surface area (Å²) in [5.41, 5.74) is 0. The van der Waals surface area contributed by atoms with Crippen molar-refractivity contribution in [2.75, 3.05) is 5.88 Å². The SMILES string of the molecule is ClCC1C=CC(OC2=CCCC=C2)CC1. The van der Waals surface area contributed by atoms with Gasteiger partial charge in [-0.15, -0.1) is 11.6 Å². The summed E-state index contributed by atoms with van der Waals surface area (Å²) in [6.45, 7) is 0. The Morgan fingerprint density at radius 2 is 2.20 bits per heavy atom. The summed E-state index contributed by atoms with van der Waals surface area (Å²) in [7, 11) is 0. The Morgan fingerprint density at radius 3 is 2.80 bits per heavy atom. The number of halogens is 1. The van der Waals surface area contributed by atoms with E-state index in [1.54, 1.807) is 0 Å². The van der Waals surface area contributed by atoms with E-state index in [0.717, 1.165) is 37.3 Å². The van der Waals surface area contributed by atoms with Gasteiger partial charge in [0.1, 0.15) is 11.9 Å². The number of hydrogen-bond acceptors (Lipinski definition) is 1. The highest BCUT2D eigenvalue weighted by molar-refractivity contribution is 6.18. The molecular formula is C13H17ClO. The van der Waals surface area contributed by atoms with Crippen molar-refractivity contribution in [3.05, 3.63) is 36.1 Å². The van der Waals surface area contributed by atoms with E-state index >= 15 is 0 Å². The molecule has 0 amide bonds. The minimum atomic E-state index is 0.249. The topological polar surface area (TPSA) is 9.23 Å². The second-order valence-corrected chi connectivity index (χ2v) is 4.43. The van der Waals surface area contributed by atoms with Crippen LogP contribution in [0, 0.1) is 5.92 Å². The number of ether oxygens (including phenoxy) is 1. The Bertz CT molecular complexity index is 291. The Morgan fingerprint density at radius 1 is 1.27 bits per heavy atom. The highest BCUT2D eigenvalue weighted by atomic mass is 35.5. The standard InChI is InChI=1S/C13H17ClO/c14-10-11-6-8-13(9-7-11)15-12-4-2-1-3-5-12/h2,4-6,8,11,13H,1,3,7,9-10H2. The number of alkyl halides is 1. The molecule has 0 aromatic rings. The molecule has 2 aliphatic rings. The van der Waals surface area contributed by atoms with Gasteiger partial charge in [0.25, 0.3) is 0 Å². The molecule has 2 rings (SSSR count). The lowest BCUT2D eigenvalue weighted by Gasteiger charge is -2.23. The van der Waals surface area contributed by atoms with Crippen LogP contribution >= 0.6 is 11.6 Å². The number of hydrogen-bond donors (Lipinski definition) is 0. The first-order valence-electron chi connectivity index (χ1n) is 5.66. The first kappa shape index (κ1) is 10.8. The molecule has 0 bridgehead atoms. The van der Waals surface area contributed by atoms with E-state index in [1.165, 1.54) is 0 Å². The molecule has 2 heteroatoms. The molecule has 0 aromatic heterocycles. The number of rotatable bonds is 3. The maximum atomic E-state index is 5.87. The van der Waals surface area contributed by atoms with Crippen LogP contribution in [0.25, 0.3) is 0 Å². The fourth-order valence-electron chi connectivity index (χ4n) is 1.93. The van der Waals surface area contributed by atoms with Gasteiger partial charge in [0.2, 0.25) is 0 Å². The number of allylic oxidation sites excluding steroid dienone is 4. The fourth-order valence-corrected chi connectivity index (χ4v) is 2.19. The Hall–Kier alpha value is -0.690. The minimum Gasteiger partial charge on any atom is -0.487 e. The quantitative estimate of drug-likeness (QED) is 0.523. The van der Waals surface area contributed by atoms with Gasteiger partial charge in [-0.2, -0.15) is 0 Å². The second kappa shape index (κ2) is 5.41. The van der Waals surface area contributed by atoms with Gasteiger partial charge in [-0.05, 0) is 49.8 Å². The fraction of sp³-hybridized carbons (Fsp3) is 0.538. The van der Waals surface area contributed by atoms with Crippen LogP contribution in [-0.4, -0.2) is 12.0 Å². The lowest BCUT2D eigenvalue weighted by Crippen LogP contribution is -2.17. The molecule has 0 radical (unpaired) electrons. The zero-order valence-electron chi connectivity index (χ0n) is 8.86. The smallest absolute Gasteiger partial charge is 0.117 e. The summed E-state index contributed by atoms with van der Waals surface area (Å²) >= 11 is 5.81. The van der Waals surface area contributed by atoms with Crippen LogP contribution in [0.4, 0.5) is 0 Å². The van der Waals surface area contributed by atoms with Gasteiger partial charge >= 0.3 is 0 Å². The van der Waals surface area contributed by atoms with Crippen LogP contribution in [0.5, 0.6) is 0 Å². The van der Waals surface area contributed by atoms with E-state index in [4.69, 9.17) is 16.3 Å². The molecule has 15 heavy (non-hydrogen) atoms. The van der Waals surface area contributed by atoms with Gasteiger partial charge in [-0.1, -0.05) is 12.2 Å². The van der Waals surface area contributed by atoms with Crippen molar-refractivity contribution >= 4 is 11.6 Å². The van der Waals surface area contributed by atoms with Crippen molar-refractivity contribution in [1.82, 2.24) is 0 Å². The van der Waals surface area contributed by atoms with Gasteiger partial charge in [0, 0.05) is 5.88 Å². The van der Waals surface area contributed by atoms with Crippen LogP contribution in [0.1, 0.15) is 25.7 Å². The van der Waals surface area contributed by atoms with Crippen molar-refractivity contribution in [2.45, 2.75) is 31.8 Å². The van der Waals surface area contributed by atoms with Crippen molar-refractivity contribution in [2.24, 2.45) is 5.92 Å². The zero-order valence-corrected chi connectivity index (χ0v) is 9.62. The third-order valence-corrected chi connectivity index (χ3v) is 3.26. The van der Waals surface area contributed by atoms with Crippen LogP contribution in [0.2, 0.25) is 0 Å². The third kappa shape index (κ3) is 3.13. The lowest BCUT2D eigenvalue weighted by molar-refractivity contribution is 0.144. The van der Waals surface area contributed by atoms with Crippen molar-refractivity contribution < 1.29 is 4.74 Å². The molecule has 82 valence electrons. The normalized spacial score (nSPS) is 30.1. The highest BCUT2D eigenvalue weighted by Gasteiger charge is 2.16. The average Bonchev–Trinajstić information content (AvgIpc) is 2.31. The molecule has 0 aromatic carbocycles. The second-order valence-electron chi connectivity index (χ2n) is 4.12. The lowest BCUT2D eigenvalue weighted by atomic mass is 9.96. The van der Waals surface area contributed by atoms with Crippen LogP contribution < -0.4 is 0 Å². The van der Waals surface area contributed by atoms with Crippen molar-refractivity contribution in [3.63, 3.8) is 0 Å². The third-order valence-electron chi connectivity index (χ3n) is 2.87. The molecule has 0 saturated heterocycles. The Kier molecular flexibility index (Phi) is 3.90. The summed E-state index contributed by atoms with van der Waals surface area (Å²) in [6, 6.07) is 0. The summed E-state index contributed by atoms with van der Waals surface area (Å²) in [4.78, 5) is 0. The molecule has 1 nitrogen and oxygen atoms in total. The van der Waals surface area contributed by atoms with Crippen molar-refractivity contribution in [1.29, 1.82) is 0 Å². The summed E-state index contributed by atoms with van der Waals surface area (Å²) in [6.07, 6.45) is 15.5. The van der Waals surface area contributed by atoms with Gasteiger partial charge in [-0.25, -0.2) is 0 Å². The first-order chi connectivity index (χ1) is 7.38. The van der Waals surface area contributed by atoms with Crippen LogP contribution in [-0.2, 0) is 4.74 Å². The van der Waals surface area contributed by atoms with E-state index in [1.807, 2.05) is 0 Å². The Balaban J connectivity index is 1.86. The van der Waals surface area contributed by atoms with E-state index < -0.39 is 0 Å². The molecule has 0 N–H and O–H groups in total. The molecule has 0 heterocycles. The summed E-state index contributed by atoms with van der Waals surface area (Å²) in [5.74, 6) is 2.30. The summed E-state index contributed by atoms with van der Waals surface area (Å²) < 4.78 is 5.87. The van der Waals surface area contributed by atoms with Gasteiger partial charge in [0.15, 0.2) is 0 Å². The predicted octanol–water partition coefficient (Wildman–Crippen LogP) is 3.81. The van der Waals surface area contributed by atoms with Crippen LogP contribution in [0.15, 0.2) is 36.1 Å². The van der Waals surface area contributed by atoms with Crippen LogP contribution in [0.3, 0.4) is 0 Å². The molecule has 0 saturated carbocycles. The molecule has 2 unspecified atom stereocenters. The molecule has 2 atom stereocenters. The van der Waals surface area contributed by atoms with Crippen molar-refractivity contribution in [3.8, 4) is 0 Å². The molecular weight excluding hydrogens is 208 g/mol. The first-order valence-corrected chi connectivity index (χ1v) is 6.19. The zero-order chi connectivity index (χ0) is 10.5. The summed E-state index contributed by atoms with van der Waals surface area (Å²) in [5, 5.41) is 0. The Labute approximate surface area is 96.5 Å². The highest BCUT2D eigenvalue weighted by Crippen LogP contribution is 2.23. The van der Waals surface area contributed by atoms with E-state index in [9.17, 15) is 0 Å². The molecule has 2 aliphatic carbocycles. The molecule has 0 fully saturated rings. The monoisotopic (exact) mass is 224 g/mol. The van der Waals surface area contributed by atoms with E-state index in [-0.39, 0.29) is 6.10 Å². The van der Waals surface area contributed by atoms with Gasteiger partial charge in [0.05, 0.1) is 0 Å². The minimum absolute atomic E-state index is 0.249. The van der Waals surface area contributed by atoms with Gasteiger partial charge in [-0.3, -0.25) is 0 Å². The maximum Gasteiger partial charge on any atom is 0.117 e. The van der Waals surface area contributed by atoms with E-state index in [2.05, 4.69) is 30.4 Å².